The van der Waals surface area contributed by atoms with Gasteiger partial charge in [0.1, 0.15) is 0 Å². The number of hydrogen-bond acceptors (Lipinski definition) is 5. The molecule has 1 N–H and O–H groups in total. The molecule has 0 amide bonds. The van der Waals surface area contributed by atoms with E-state index in [-0.39, 0.29) is 9.99 Å². The van der Waals surface area contributed by atoms with Gasteiger partial charge in [-0.05, 0) is 5.41 Å². The van der Waals surface area contributed by atoms with E-state index in [1.165, 1.54) is 10.4 Å². The third-order valence-electron chi connectivity index (χ3n) is 6.07. The van der Waals surface area contributed by atoms with Gasteiger partial charge in [-0.3, -0.25) is 0 Å². The van der Waals surface area contributed by atoms with Crippen LogP contribution in [-0.2, 0) is 16.6 Å². The standard InChI is InChI=1S/C30H31AsNO4S/c1-18(2)27-13-12-24(37-27)16-25(29(34)35)31-28(33)26-15-19-6-9-23(14-20(19)17-32-26)36-22-10-7-21(8-11-22)30(3,4)5/h6-15,17-18,25H,16H2,1-5H3,(H,34,35). The Hall–Kier alpha value is -2.95. The second-order valence-corrected chi connectivity index (χ2v) is 14.3. The number of carbonyl (C=O) groups is 2. The number of benzene rings is 2. The molecule has 0 bridgehead atoms. The van der Waals surface area contributed by atoms with Crippen molar-refractivity contribution < 1.29 is 19.4 Å². The van der Waals surface area contributed by atoms with E-state index in [0.717, 1.165) is 21.4 Å². The van der Waals surface area contributed by atoms with E-state index in [4.69, 9.17) is 4.74 Å². The molecule has 2 heterocycles. The predicted molar refractivity (Wildman–Crippen MR) is 151 cm³/mol. The zero-order valence-corrected chi connectivity index (χ0v) is 24.4. The second kappa shape index (κ2) is 11.2. The summed E-state index contributed by atoms with van der Waals surface area (Å²) < 4.78 is 5.16. The van der Waals surface area contributed by atoms with Crippen LogP contribution in [0.2, 0.25) is 4.71 Å². The van der Waals surface area contributed by atoms with Crippen molar-refractivity contribution in [3.8, 4) is 11.5 Å². The van der Waals surface area contributed by atoms with Crippen LogP contribution in [0.3, 0.4) is 0 Å². The first-order valence-corrected chi connectivity index (χ1v) is 15.1. The van der Waals surface area contributed by atoms with Crippen molar-refractivity contribution in [2.24, 2.45) is 0 Å². The Balaban J connectivity index is 1.45. The van der Waals surface area contributed by atoms with Crippen LogP contribution < -0.4 is 4.74 Å². The van der Waals surface area contributed by atoms with E-state index in [0.29, 0.717) is 23.8 Å². The number of rotatable bonds is 9. The van der Waals surface area contributed by atoms with Gasteiger partial charge < -0.3 is 0 Å². The van der Waals surface area contributed by atoms with Crippen LogP contribution in [-0.4, -0.2) is 36.4 Å². The topological polar surface area (TPSA) is 76.5 Å². The summed E-state index contributed by atoms with van der Waals surface area (Å²) in [5.41, 5.74) is 1.64. The van der Waals surface area contributed by atoms with Crippen molar-refractivity contribution in [3.63, 3.8) is 0 Å². The Morgan fingerprint density at radius 3 is 2.30 bits per heavy atom. The number of carbonyl (C=O) groups excluding carboxylic acids is 1. The molecule has 5 nitrogen and oxygen atoms in total. The van der Waals surface area contributed by atoms with Crippen molar-refractivity contribution in [2.75, 3.05) is 0 Å². The average molecular weight is 577 g/mol. The third-order valence-corrected chi connectivity index (χ3v) is 9.95. The van der Waals surface area contributed by atoms with Crippen LogP contribution in [0.5, 0.6) is 11.5 Å². The Labute approximate surface area is 228 Å². The molecule has 0 aliphatic rings. The molecule has 0 spiro atoms. The molecule has 0 fully saturated rings. The van der Waals surface area contributed by atoms with E-state index in [9.17, 15) is 14.7 Å². The summed E-state index contributed by atoms with van der Waals surface area (Å²) in [4.78, 5) is 31.5. The number of carboxylic acids is 1. The summed E-state index contributed by atoms with van der Waals surface area (Å²) in [5.74, 6) is 0.914. The molecule has 0 aliphatic heterocycles. The van der Waals surface area contributed by atoms with Gasteiger partial charge in [-0.15, -0.1) is 0 Å². The van der Waals surface area contributed by atoms with Gasteiger partial charge in [0, 0.05) is 0 Å². The molecule has 1 radical (unpaired) electrons. The third kappa shape index (κ3) is 6.88. The van der Waals surface area contributed by atoms with Crippen LogP contribution in [0, 0.1) is 0 Å². The van der Waals surface area contributed by atoms with Crippen LogP contribution in [0.1, 0.15) is 66.3 Å². The fourth-order valence-corrected chi connectivity index (χ4v) is 7.15. The normalized spacial score (nSPS) is 12.9. The Morgan fingerprint density at radius 2 is 1.68 bits per heavy atom. The summed E-state index contributed by atoms with van der Waals surface area (Å²) in [6.07, 6.45) is 2.03. The zero-order chi connectivity index (χ0) is 26.7. The van der Waals surface area contributed by atoms with Crippen molar-refractivity contribution >= 4 is 48.4 Å². The summed E-state index contributed by atoms with van der Waals surface area (Å²) >= 11 is 0.521. The molecule has 0 saturated heterocycles. The fraction of sp³-hybridized carbons (Fsp3) is 0.300. The molecule has 2 aromatic carbocycles. The summed E-state index contributed by atoms with van der Waals surface area (Å²) in [6.45, 7) is 10.8. The average Bonchev–Trinajstić information content (AvgIpc) is 3.32. The number of pyridine rings is 1. The van der Waals surface area contributed by atoms with Crippen molar-refractivity contribution in [1.29, 1.82) is 0 Å². The Morgan fingerprint density at radius 1 is 0.973 bits per heavy atom. The molecular formula is C30H31AsNO4S. The molecule has 7 heteroatoms. The van der Waals surface area contributed by atoms with Gasteiger partial charge in [0.2, 0.25) is 0 Å². The first-order chi connectivity index (χ1) is 17.5. The van der Waals surface area contributed by atoms with Gasteiger partial charge in [0.05, 0.1) is 0 Å². The van der Waals surface area contributed by atoms with Crippen LogP contribution in [0.15, 0.2) is 66.9 Å². The first kappa shape index (κ1) is 27.1. The van der Waals surface area contributed by atoms with Crippen LogP contribution in [0.4, 0.5) is 0 Å². The van der Waals surface area contributed by atoms with Crippen molar-refractivity contribution in [2.45, 2.75) is 57.1 Å². The first-order valence-electron chi connectivity index (χ1n) is 12.2. The fourth-order valence-electron chi connectivity index (χ4n) is 3.86. The number of ether oxygens (including phenoxy) is 1. The number of fused-ring (bicyclic) bond motifs is 1. The molecular weight excluding hydrogens is 545 g/mol. The molecule has 0 aliphatic carbocycles. The molecule has 4 aromatic rings. The van der Waals surface area contributed by atoms with E-state index in [1.807, 2.05) is 42.5 Å². The zero-order valence-electron chi connectivity index (χ0n) is 21.7. The van der Waals surface area contributed by atoms with Gasteiger partial charge in [-0.25, -0.2) is 0 Å². The van der Waals surface area contributed by atoms with Gasteiger partial charge in [-0.2, -0.15) is 0 Å². The Kier molecular flexibility index (Phi) is 8.20. The number of aromatic nitrogens is 1. The van der Waals surface area contributed by atoms with Gasteiger partial charge >= 0.3 is 203 Å². The van der Waals surface area contributed by atoms with E-state index >= 15 is 0 Å². The number of thiophene rings is 1. The number of aliphatic carboxylic acids is 1. The summed E-state index contributed by atoms with van der Waals surface area (Å²) in [5, 5.41) is 11.5. The van der Waals surface area contributed by atoms with Crippen molar-refractivity contribution in [3.05, 3.63) is 87.9 Å². The molecule has 4 rings (SSSR count). The predicted octanol–water partition coefficient (Wildman–Crippen LogP) is 7.47. The quantitative estimate of drug-likeness (QED) is 0.209. The minimum atomic E-state index is -1.11. The van der Waals surface area contributed by atoms with Crippen LogP contribution >= 0.6 is 11.3 Å². The SMILES string of the molecule is CC(C)c1ccc(CC([As]C(=O)c2cc3ccc(Oc4ccc(C(C)(C)C)cc4)cc3cn2)C(=O)O)s1. The van der Waals surface area contributed by atoms with E-state index < -0.39 is 26.4 Å². The number of hydrogen-bond donors (Lipinski definition) is 1. The molecule has 0 saturated carbocycles. The molecule has 191 valence electrons. The summed E-state index contributed by atoms with van der Waals surface area (Å²) in [6, 6.07) is 19.5. The molecule has 37 heavy (non-hydrogen) atoms. The van der Waals surface area contributed by atoms with Crippen LogP contribution in [0.25, 0.3) is 10.8 Å². The minimum absolute atomic E-state index is 0.0793. The second-order valence-electron chi connectivity index (χ2n) is 10.4. The van der Waals surface area contributed by atoms with E-state index in [2.05, 4.69) is 51.7 Å². The molecule has 1 atom stereocenters. The number of nitrogens with zero attached hydrogens (tertiary/aromatic N) is 1. The van der Waals surface area contributed by atoms with E-state index in [1.54, 1.807) is 23.6 Å². The monoisotopic (exact) mass is 576 g/mol. The summed E-state index contributed by atoms with van der Waals surface area (Å²) in [7, 11) is 0. The Bertz CT molecular complexity index is 1420. The van der Waals surface area contributed by atoms with Gasteiger partial charge in [0.25, 0.3) is 0 Å². The maximum atomic E-state index is 13.0. The molecule has 2 aromatic heterocycles. The van der Waals surface area contributed by atoms with Gasteiger partial charge in [0.15, 0.2) is 0 Å². The molecule has 1 unspecified atom stereocenters. The number of carboxylic acid groups (broad SMARTS) is 1. The van der Waals surface area contributed by atoms with Crippen molar-refractivity contribution in [1.82, 2.24) is 4.98 Å². The van der Waals surface area contributed by atoms with Gasteiger partial charge in [-0.1, -0.05) is 20.8 Å². The maximum absolute atomic E-state index is 13.0.